The summed E-state index contributed by atoms with van der Waals surface area (Å²) < 4.78 is 0. The van der Waals surface area contributed by atoms with Crippen LogP contribution in [-0.2, 0) is 4.79 Å². The van der Waals surface area contributed by atoms with Gasteiger partial charge in [-0.1, -0.05) is 60.0 Å². The zero-order valence-electron chi connectivity index (χ0n) is 12.5. The van der Waals surface area contributed by atoms with Gasteiger partial charge in [-0.3, -0.25) is 4.79 Å². The molecule has 2 nitrogen and oxygen atoms in total. The highest BCUT2D eigenvalue weighted by Gasteiger charge is 2.35. The van der Waals surface area contributed by atoms with Gasteiger partial charge in [0, 0.05) is 5.41 Å². The normalized spacial score (nSPS) is 14.1. The number of carbonyl (C=O) groups is 1. The van der Waals surface area contributed by atoms with Gasteiger partial charge in [0.1, 0.15) is 6.07 Å². The summed E-state index contributed by atoms with van der Waals surface area (Å²) in [6, 6.07) is 2.07. The van der Waals surface area contributed by atoms with Gasteiger partial charge in [0.15, 0.2) is 5.78 Å². The van der Waals surface area contributed by atoms with Gasteiger partial charge in [-0.25, -0.2) is 0 Å². The lowest BCUT2D eigenvalue weighted by molar-refractivity contribution is -0.125. The second kappa shape index (κ2) is 8.08. The highest BCUT2D eigenvalue weighted by atomic mass is 16.1. The summed E-state index contributed by atoms with van der Waals surface area (Å²) in [5.41, 5.74) is -0.102. The molecule has 0 aliphatic rings. The first kappa shape index (κ1) is 16.9. The van der Waals surface area contributed by atoms with Gasteiger partial charge in [-0.15, -0.1) is 0 Å². The summed E-state index contributed by atoms with van der Waals surface area (Å²) in [5.74, 6) is 0.311. The third kappa shape index (κ3) is 4.64. The van der Waals surface area contributed by atoms with Crippen LogP contribution in [0.25, 0.3) is 0 Å². The number of nitrogens with zero attached hydrogens (tertiary/aromatic N) is 1. The van der Waals surface area contributed by atoms with Gasteiger partial charge in [0.2, 0.25) is 0 Å². The number of allylic oxidation sites excluding steroid dienone is 2. The Hall–Kier alpha value is -1.10. The molecule has 0 radical (unpaired) electrons. The number of hydrogen-bond donors (Lipinski definition) is 0. The highest BCUT2D eigenvalue weighted by Crippen LogP contribution is 2.33. The Kier molecular flexibility index (Phi) is 7.59. The van der Waals surface area contributed by atoms with E-state index >= 15 is 0 Å². The van der Waals surface area contributed by atoms with Gasteiger partial charge in [-0.05, 0) is 18.8 Å². The number of unbranched alkanes of at least 4 members (excludes halogenated alkanes) is 2. The average molecular weight is 249 g/mol. The van der Waals surface area contributed by atoms with Crippen molar-refractivity contribution in [2.75, 3.05) is 0 Å². The molecule has 0 aromatic rings. The van der Waals surface area contributed by atoms with E-state index in [2.05, 4.69) is 19.9 Å². The maximum absolute atomic E-state index is 12.4. The van der Waals surface area contributed by atoms with Gasteiger partial charge in [0.05, 0.1) is 5.57 Å². The predicted octanol–water partition coefficient (Wildman–Crippen LogP) is 4.66. The molecule has 0 heterocycles. The molecule has 18 heavy (non-hydrogen) atoms. The molecule has 0 saturated heterocycles. The Morgan fingerprint density at radius 1 is 1.33 bits per heavy atom. The summed E-state index contributed by atoms with van der Waals surface area (Å²) >= 11 is 0. The zero-order chi connectivity index (χ0) is 14.2. The molecule has 0 fully saturated rings. The van der Waals surface area contributed by atoms with E-state index in [1.54, 1.807) is 6.08 Å². The summed E-state index contributed by atoms with van der Waals surface area (Å²) in [4.78, 5) is 12.4. The van der Waals surface area contributed by atoms with Crippen molar-refractivity contribution in [2.24, 2.45) is 11.3 Å². The van der Waals surface area contributed by atoms with Crippen LogP contribution in [0.1, 0.15) is 66.7 Å². The standard InChI is InChI=1S/C16H27NO/c1-6-8-10-13(3)16(4,5)15(18)14(12-17)11-9-7-2/h11,13H,6-10H2,1-5H3/b14-11-. The van der Waals surface area contributed by atoms with Gasteiger partial charge < -0.3 is 0 Å². The third-order valence-electron chi connectivity index (χ3n) is 3.81. The molecule has 0 aromatic heterocycles. The molecular weight excluding hydrogens is 222 g/mol. The Labute approximate surface area is 112 Å². The maximum Gasteiger partial charge on any atom is 0.178 e. The lowest BCUT2D eigenvalue weighted by Gasteiger charge is -2.30. The minimum absolute atomic E-state index is 0.00190. The van der Waals surface area contributed by atoms with Crippen molar-refractivity contribution >= 4 is 5.78 Å². The van der Waals surface area contributed by atoms with E-state index in [9.17, 15) is 4.79 Å². The predicted molar refractivity (Wildman–Crippen MR) is 76.1 cm³/mol. The van der Waals surface area contributed by atoms with Crippen LogP contribution < -0.4 is 0 Å². The van der Waals surface area contributed by atoms with E-state index in [-0.39, 0.29) is 5.78 Å². The summed E-state index contributed by atoms with van der Waals surface area (Å²) in [5, 5.41) is 9.11. The average Bonchev–Trinajstić information content (AvgIpc) is 2.36. The van der Waals surface area contributed by atoms with Crippen molar-refractivity contribution in [2.45, 2.75) is 66.7 Å². The van der Waals surface area contributed by atoms with Crippen molar-refractivity contribution < 1.29 is 4.79 Å². The van der Waals surface area contributed by atoms with Crippen molar-refractivity contribution in [1.82, 2.24) is 0 Å². The molecule has 2 heteroatoms. The Bertz CT molecular complexity index is 333. The second-order valence-corrected chi connectivity index (χ2v) is 5.61. The van der Waals surface area contributed by atoms with Crippen LogP contribution in [-0.4, -0.2) is 5.78 Å². The van der Waals surface area contributed by atoms with E-state index in [0.717, 1.165) is 32.1 Å². The minimum atomic E-state index is -0.440. The number of Topliss-reactive ketones (excluding diaryl/α,β-unsaturated/α-hetero) is 1. The monoisotopic (exact) mass is 249 g/mol. The Morgan fingerprint density at radius 3 is 2.39 bits per heavy atom. The van der Waals surface area contributed by atoms with Gasteiger partial charge in [0.25, 0.3) is 0 Å². The molecule has 0 aliphatic heterocycles. The largest absolute Gasteiger partial charge is 0.293 e. The number of carbonyl (C=O) groups excluding carboxylic acids is 1. The number of rotatable bonds is 8. The molecule has 1 unspecified atom stereocenters. The number of ketones is 1. The SMILES string of the molecule is CCC/C=C(/C#N)C(=O)C(C)(C)C(C)CCCC. The fourth-order valence-electron chi connectivity index (χ4n) is 1.92. The molecule has 0 aromatic carbocycles. The quantitative estimate of drug-likeness (QED) is 0.464. The van der Waals surface area contributed by atoms with Crippen LogP contribution in [0.3, 0.4) is 0 Å². The molecule has 1 atom stereocenters. The number of nitriles is 1. The first-order valence-electron chi connectivity index (χ1n) is 7.06. The number of hydrogen-bond acceptors (Lipinski definition) is 2. The summed E-state index contributed by atoms with van der Waals surface area (Å²) in [7, 11) is 0. The van der Waals surface area contributed by atoms with Crippen molar-refractivity contribution in [3.63, 3.8) is 0 Å². The molecule has 0 amide bonds. The molecule has 0 N–H and O–H groups in total. The van der Waals surface area contributed by atoms with Crippen molar-refractivity contribution in [1.29, 1.82) is 5.26 Å². The summed E-state index contributed by atoms with van der Waals surface area (Å²) in [6.07, 6.45) is 6.88. The van der Waals surface area contributed by atoms with Gasteiger partial charge >= 0.3 is 0 Å². The Balaban J connectivity index is 4.87. The van der Waals surface area contributed by atoms with E-state index in [4.69, 9.17) is 5.26 Å². The fraction of sp³-hybridized carbons (Fsp3) is 0.750. The smallest absolute Gasteiger partial charge is 0.178 e. The van der Waals surface area contributed by atoms with Crippen molar-refractivity contribution in [3.8, 4) is 6.07 Å². The minimum Gasteiger partial charge on any atom is -0.293 e. The fourth-order valence-corrected chi connectivity index (χ4v) is 1.92. The first-order valence-corrected chi connectivity index (χ1v) is 7.06. The van der Waals surface area contributed by atoms with Gasteiger partial charge in [-0.2, -0.15) is 5.26 Å². The summed E-state index contributed by atoms with van der Waals surface area (Å²) in [6.45, 7) is 10.2. The third-order valence-corrected chi connectivity index (χ3v) is 3.81. The van der Waals surface area contributed by atoms with Crippen LogP contribution in [0.5, 0.6) is 0 Å². The topological polar surface area (TPSA) is 40.9 Å². The van der Waals surface area contributed by atoms with Crippen molar-refractivity contribution in [3.05, 3.63) is 11.6 Å². The first-order chi connectivity index (χ1) is 8.41. The molecule has 0 saturated carbocycles. The van der Waals surface area contributed by atoms with Crippen LogP contribution in [0.2, 0.25) is 0 Å². The lowest BCUT2D eigenvalue weighted by atomic mass is 9.72. The van der Waals surface area contributed by atoms with E-state index in [1.165, 1.54) is 0 Å². The highest BCUT2D eigenvalue weighted by molar-refractivity contribution is 6.02. The molecule has 0 bridgehead atoms. The second-order valence-electron chi connectivity index (χ2n) is 5.61. The molecular formula is C16H27NO. The van der Waals surface area contributed by atoms with E-state index in [1.807, 2.05) is 20.8 Å². The maximum atomic E-state index is 12.4. The molecule has 0 aliphatic carbocycles. The van der Waals surface area contributed by atoms with E-state index < -0.39 is 5.41 Å². The van der Waals surface area contributed by atoms with Crippen LogP contribution in [0.4, 0.5) is 0 Å². The molecule has 102 valence electrons. The molecule has 0 spiro atoms. The lowest BCUT2D eigenvalue weighted by Crippen LogP contribution is -2.32. The van der Waals surface area contributed by atoms with E-state index in [0.29, 0.717) is 11.5 Å². The molecule has 0 rings (SSSR count). The van der Waals surface area contributed by atoms with Crippen LogP contribution in [0, 0.1) is 22.7 Å². The zero-order valence-corrected chi connectivity index (χ0v) is 12.5. The Morgan fingerprint density at radius 2 is 1.94 bits per heavy atom. The van der Waals surface area contributed by atoms with Crippen LogP contribution >= 0.6 is 0 Å². The van der Waals surface area contributed by atoms with Crippen LogP contribution in [0.15, 0.2) is 11.6 Å².